The molecule has 0 saturated heterocycles. The topological polar surface area (TPSA) is 87.0 Å². The first-order valence-corrected chi connectivity index (χ1v) is 14.8. The number of hydrogen-bond donors (Lipinski definition) is 1. The molecule has 1 unspecified atom stereocenters. The van der Waals surface area contributed by atoms with Crippen molar-refractivity contribution in [2.24, 2.45) is 44.8 Å². The second-order valence-electron chi connectivity index (χ2n) is 15.8. The van der Waals surface area contributed by atoms with Gasteiger partial charge in [0, 0.05) is 29.2 Å². The lowest BCUT2D eigenvalue weighted by atomic mass is 9.35. The standard InChI is InChI=1S/C33H44F2N2O3/c1-27(2)11-13-33(37-26(40)32(8,34)35)14-12-31(7)24(20(33)17-27)21(38)15-23-29(5)16-19(18-36)25(39)28(3,4)22(29)9-10-30(23,31)6/h15-16,20,22,24H,9-14,17H2,1-8H3,(H,37,40)/t20-,22-,24-,29?,30+,31+,33-/m0/s1. The van der Waals surface area contributed by atoms with Gasteiger partial charge in [-0.1, -0.05) is 60.1 Å². The van der Waals surface area contributed by atoms with Crippen LogP contribution in [-0.4, -0.2) is 28.9 Å². The summed E-state index contributed by atoms with van der Waals surface area (Å²) in [5, 5.41) is 12.7. The van der Waals surface area contributed by atoms with Crippen LogP contribution < -0.4 is 5.32 Å². The summed E-state index contributed by atoms with van der Waals surface area (Å²) in [7, 11) is 0. The summed E-state index contributed by atoms with van der Waals surface area (Å²) < 4.78 is 28.3. The van der Waals surface area contributed by atoms with Gasteiger partial charge in [-0.3, -0.25) is 14.4 Å². The van der Waals surface area contributed by atoms with E-state index in [-0.39, 0.29) is 34.4 Å². The SMILES string of the molecule is CC1(C)CC[C@]2(NC(=O)C(C)(F)F)CC[C@]3(C)[C@H](C(=O)C=C4C5(C)C=C(C#N)C(=O)C(C)(C)[C@@H]5CC[C@]43C)[C@@H]2C1. The van der Waals surface area contributed by atoms with Crippen LogP contribution >= 0.6 is 0 Å². The molecule has 0 bridgehead atoms. The second kappa shape index (κ2) is 8.35. The number of carbonyl (C=O) groups excluding carboxylic acids is 3. The zero-order chi connectivity index (χ0) is 29.9. The van der Waals surface area contributed by atoms with Crippen molar-refractivity contribution in [2.45, 2.75) is 112 Å². The van der Waals surface area contributed by atoms with E-state index in [4.69, 9.17) is 0 Å². The Morgan fingerprint density at radius 3 is 2.25 bits per heavy atom. The highest BCUT2D eigenvalue weighted by Crippen LogP contribution is 2.73. The van der Waals surface area contributed by atoms with E-state index in [9.17, 15) is 28.4 Å². The third-order valence-electron chi connectivity index (χ3n) is 12.6. The fourth-order valence-electron chi connectivity index (χ4n) is 10.2. The van der Waals surface area contributed by atoms with Crippen LogP contribution in [0.4, 0.5) is 8.78 Å². The van der Waals surface area contributed by atoms with E-state index >= 15 is 0 Å². The van der Waals surface area contributed by atoms with Crippen LogP contribution in [0.15, 0.2) is 23.3 Å². The van der Waals surface area contributed by atoms with Gasteiger partial charge in [-0.25, -0.2) is 0 Å². The molecule has 7 atom stereocenters. The summed E-state index contributed by atoms with van der Waals surface area (Å²) in [6.07, 6.45) is 8.42. The van der Waals surface area contributed by atoms with E-state index in [0.29, 0.717) is 32.6 Å². The van der Waals surface area contributed by atoms with Crippen molar-refractivity contribution in [3.05, 3.63) is 23.3 Å². The van der Waals surface area contributed by atoms with Crippen molar-refractivity contribution >= 4 is 17.5 Å². The molecule has 7 heteroatoms. The average molecular weight is 555 g/mol. The lowest BCUT2D eigenvalue weighted by molar-refractivity contribution is -0.168. The third kappa shape index (κ3) is 3.69. The Balaban J connectivity index is 1.67. The van der Waals surface area contributed by atoms with Gasteiger partial charge in [0.1, 0.15) is 6.07 Å². The predicted molar refractivity (Wildman–Crippen MR) is 148 cm³/mol. The molecule has 3 saturated carbocycles. The Labute approximate surface area is 237 Å². The maximum Gasteiger partial charge on any atom is 0.321 e. The molecule has 5 nitrogen and oxygen atoms in total. The molecule has 1 amide bonds. The number of halogens is 2. The fraction of sp³-hybridized carbons (Fsp3) is 0.758. The molecule has 1 N–H and O–H groups in total. The van der Waals surface area contributed by atoms with Crippen molar-refractivity contribution in [2.75, 3.05) is 0 Å². The number of rotatable bonds is 2. The lowest BCUT2D eigenvalue weighted by Crippen LogP contribution is -2.70. The number of amides is 1. The van der Waals surface area contributed by atoms with Crippen molar-refractivity contribution in [1.29, 1.82) is 5.26 Å². The average Bonchev–Trinajstić information content (AvgIpc) is 2.83. The normalized spacial score (nSPS) is 43.6. The van der Waals surface area contributed by atoms with Crippen molar-refractivity contribution in [3.8, 4) is 6.07 Å². The molecule has 5 aliphatic rings. The number of hydrogen-bond acceptors (Lipinski definition) is 4. The zero-order valence-corrected chi connectivity index (χ0v) is 25.3. The number of nitrogens with one attached hydrogen (secondary N) is 1. The Bertz CT molecular complexity index is 1300. The van der Waals surface area contributed by atoms with E-state index in [1.165, 1.54) is 0 Å². The summed E-state index contributed by atoms with van der Waals surface area (Å²) in [6, 6.07) is 2.13. The summed E-state index contributed by atoms with van der Waals surface area (Å²) in [5.74, 6) is -5.62. The monoisotopic (exact) mass is 554 g/mol. The minimum Gasteiger partial charge on any atom is -0.345 e. The molecular weight excluding hydrogens is 510 g/mol. The molecule has 0 aliphatic heterocycles. The molecule has 40 heavy (non-hydrogen) atoms. The lowest BCUT2D eigenvalue weighted by Gasteiger charge is -2.69. The van der Waals surface area contributed by atoms with E-state index < -0.39 is 44.9 Å². The van der Waals surface area contributed by atoms with Crippen molar-refractivity contribution < 1.29 is 23.2 Å². The van der Waals surface area contributed by atoms with Gasteiger partial charge in [0.25, 0.3) is 5.91 Å². The van der Waals surface area contributed by atoms with Crippen molar-refractivity contribution in [1.82, 2.24) is 5.32 Å². The van der Waals surface area contributed by atoms with E-state index in [0.717, 1.165) is 24.8 Å². The minimum atomic E-state index is -3.49. The highest BCUT2D eigenvalue weighted by atomic mass is 19.3. The smallest absolute Gasteiger partial charge is 0.321 e. The Morgan fingerprint density at radius 1 is 1.02 bits per heavy atom. The summed E-state index contributed by atoms with van der Waals surface area (Å²) in [6.45, 7) is 15.3. The number of nitriles is 1. The maximum absolute atomic E-state index is 14.4. The maximum atomic E-state index is 14.4. The molecule has 0 aromatic rings. The van der Waals surface area contributed by atoms with Crippen LogP contribution in [0.2, 0.25) is 0 Å². The van der Waals surface area contributed by atoms with Crippen LogP contribution in [-0.2, 0) is 14.4 Å². The first-order chi connectivity index (χ1) is 18.2. The van der Waals surface area contributed by atoms with Crippen LogP contribution in [0.1, 0.15) is 100 Å². The Morgan fingerprint density at radius 2 is 1.65 bits per heavy atom. The number of allylic oxidation sites excluding steroid dienone is 4. The molecule has 218 valence electrons. The fourth-order valence-corrected chi connectivity index (χ4v) is 10.2. The number of Topliss-reactive ketones (excluding diaryl/α,β-unsaturated/α-hetero) is 1. The number of nitrogens with zero attached hydrogens (tertiary/aromatic N) is 1. The van der Waals surface area contributed by atoms with E-state index in [1.54, 1.807) is 6.08 Å². The Kier molecular flexibility index (Phi) is 6.09. The molecule has 0 spiro atoms. The molecule has 5 aliphatic carbocycles. The molecule has 5 rings (SSSR count). The first-order valence-electron chi connectivity index (χ1n) is 14.8. The molecule has 3 fully saturated rings. The molecule has 0 radical (unpaired) electrons. The van der Waals surface area contributed by atoms with Gasteiger partial charge in [0.05, 0.1) is 5.57 Å². The number of fused-ring (bicyclic) bond motifs is 7. The van der Waals surface area contributed by atoms with Gasteiger partial charge < -0.3 is 5.32 Å². The Hall–Kier alpha value is -2.36. The largest absolute Gasteiger partial charge is 0.345 e. The minimum absolute atomic E-state index is 0.0113. The summed E-state index contributed by atoms with van der Waals surface area (Å²) in [5.41, 5.74) is -1.98. The third-order valence-corrected chi connectivity index (χ3v) is 12.6. The van der Waals surface area contributed by atoms with Crippen LogP contribution in [0.3, 0.4) is 0 Å². The summed E-state index contributed by atoms with van der Waals surface area (Å²) in [4.78, 5) is 40.3. The molecule has 0 aromatic heterocycles. The number of carbonyl (C=O) groups is 3. The van der Waals surface area contributed by atoms with Gasteiger partial charge in [-0.15, -0.1) is 0 Å². The highest BCUT2D eigenvalue weighted by Gasteiger charge is 2.70. The first kappa shape index (κ1) is 29.1. The molecular formula is C33H44F2N2O3. The second-order valence-corrected chi connectivity index (χ2v) is 15.8. The van der Waals surface area contributed by atoms with Gasteiger partial charge in [-0.2, -0.15) is 14.0 Å². The highest BCUT2D eigenvalue weighted by molar-refractivity contribution is 6.04. The van der Waals surface area contributed by atoms with Crippen LogP contribution in [0.25, 0.3) is 0 Å². The van der Waals surface area contributed by atoms with Gasteiger partial charge in [0.2, 0.25) is 0 Å². The molecule has 0 heterocycles. The van der Waals surface area contributed by atoms with Crippen molar-refractivity contribution in [3.63, 3.8) is 0 Å². The zero-order valence-electron chi connectivity index (χ0n) is 25.3. The van der Waals surface area contributed by atoms with Crippen LogP contribution in [0, 0.1) is 56.2 Å². The quantitative estimate of drug-likeness (QED) is 0.410. The van der Waals surface area contributed by atoms with Gasteiger partial charge >= 0.3 is 5.92 Å². The van der Waals surface area contributed by atoms with Crippen LogP contribution in [0.5, 0.6) is 0 Å². The number of alkyl halides is 2. The predicted octanol–water partition coefficient (Wildman–Crippen LogP) is 6.73. The van der Waals surface area contributed by atoms with E-state index in [1.807, 2.05) is 19.9 Å². The van der Waals surface area contributed by atoms with E-state index in [2.05, 4.69) is 46.0 Å². The molecule has 0 aromatic carbocycles. The summed E-state index contributed by atoms with van der Waals surface area (Å²) >= 11 is 0. The van der Waals surface area contributed by atoms with Gasteiger partial charge in [0.15, 0.2) is 11.6 Å². The van der Waals surface area contributed by atoms with Gasteiger partial charge in [-0.05, 0) is 79.1 Å². The number of ketones is 2.